The van der Waals surface area contributed by atoms with E-state index in [2.05, 4.69) is 20.8 Å². The largest absolute Gasteiger partial charge is 0.462 e. The van der Waals surface area contributed by atoms with Crippen molar-refractivity contribution in [3.8, 4) is 0 Å². The van der Waals surface area contributed by atoms with Gasteiger partial charge in [-0.05, 0) is 48.9 Å². The fourth-order valence-electron chi connectivity index (χ4n) is 2.39. The number of hydrogen-bond acceptors (Lipinski definition) is 4. The van der Waals surface area contributed by atoms with Crippen LogP contribution in [0, 0.1) is 0 Å². The fourth-order valence-corrected chi connectivity index (χ4v) is 2.39. The van der Waals surface area contributed by atoms with Crippen LogP contribution in [0.5, 0.6) is 0 Å². The summed E-state index contributed by atoms with van der Waals surface area (Å²) in [6, 6.07) is 3.55. The third-order valence-corrected chi connectivity index (χ3v) is 3.42. The Hall–Kier alpha value is -1.84. The van der Waals surface area contributed by atoms with Crippen LogP contribution in [0.2, 0.25) is 0 Å². The van der Waals surface area contributed by atoms with Crippen LogP contribution in [0.3, 0.4) is 0 Å². The minimum absolute atomic E-state index is 0.125. The highest BCUT2D eigenvalue weighted by molar-refractivity contribution is 6.03. The van der Waals surface area contributed by atoms with E-state index in [1.165, 1.54) is 0 Å². The van der Waals surface area contributed by atoms with Gasteiger partial charge in [0.2, 0.25) is 0 Å². The predicted octanol–water partition coefficient (Wildman–Crippen LogP) is 3.90. The molecule has 1 aromatic rings. The molecule has 1 rings (SSSR count). The first kappa shape index (κ1) is 18.2. The maximum atomic E-state index is 12.2. The van der Waals surface area contributed by atoms with Crippen molar-refractivity contribution >= 4 is 11.9 Å². The van der Waals surface area contributed by atoms with E-state index in [1.807, 2.05) is 6.92 Å². The van der Waals surface area contributed by atoms with E-state index < -0.39 is 11.9 Å². The zero-order valence-corrected chi connectivity index (χ0v) is 14.4. The molecule has 0 heterocycles. The molecule has 0 aliphatic carbocycles. The minimum Gasteiger partial charge on any atom is -0.462 e. The van der Waals surface area contributed by atoms with Crippen LogP contribution in [-0.4, -0.2) is 25.2 Å². The molecule has 0 aliphatic heterocycles. The molecule has 1 aromatic carbocycles. The first-order chi connectivity index (χ1) is 10.3. The Labute approximate surface area is 132 Å². The van der Waals surface area contributed by atoms with Gasteiger partial charge in [-0.2, -0.15) is 0 Å². The molecule has 22 heavy (non-hydrogen) atoms. The Morgan fingerprint density at radius 3 is 1.73 bits per heavy atom. The number of ether oxygens (including phenoxy) is 2. The van der Waals surface area contributed by atoms with Gasteiger partial charge < -0.3 is 9.47 Å². The van der Waals surface area contributed by atoms with Gasteiger partial charge in [-0.15, -0.1) is 0 Å². The summed E-state index contributed by atoms with van der Waals surface area (Å²) < 4.78 is 10.2. The topological polar surface area (TPSA) is 52.6 Å². The highest BCUT2D eigenvalue weighted by atomic mass is 16.5. The summed E-state index contributed by atoms with van der Waals surface area (Å²) in [4.78, 5) is 24.4. The second-order valence-electron chi connectivity index (χ2n) is 6.10. The van der Waals surface area contributed by atoms with E-state index in [4.69, 9.17) is 9.47 Å². The highest BCUT2D eigenvalue weighted by Gasteiger charge is 2.26. The van der Waals surface area contributed by atoms with E-state index in [1.54, 1.807) is 26.0 Å². The second-order valence-corrected chi connectivity index (χ2v) is 6.10. The van der Waals surface area contributed by atoms with Crippen LogP contribution >= 0.6 is 0 Å². The number of aryl methyl sites for hydroxylation is 1. The normalized spacial score (nSPS) is 11.2. The van der Waals surface area contributed by atoms with Crippen LogP contribution in [-0.2, 0) is 21.3 Å². The van der Waals surface area contributed by atoms with Crippen molar-refractivity contribution in [3.63, 3.8) is 0 Å². The van der Waals surface area contributed by atoms with Gasteiger partial charge in [-0.1, -0.05) is 27.7 Å². The summed E-state index contributed by atoms with van der Waals surface area (Å²) in [5, 5.41) is 0. The Morgan fingerprint density at radius 1 is 0.909 bits per heavy atom. The van der Waals surface area contributed by atoms with Crippen molar-refractivity contribution < 1.29 is 19.1 Å². The molecule has 122 valence electrons. The molecule has 4 heteroatoms. The van der Waals surface area contributed by atoms with Gasteiger partial charge in [-0.25, -0.2) is 9.59 Å². The van der Waals surface area contributed by atoms with Crippen LogP contribution in [0.15, 0.2) is 12.1 Å². The van der Waals surface area contributed by atoms with Gasteiger partial charge in [0.25, 0.3) is 0 Å². The lowest BCUT2D eigenvalue weighted by atomic mass is 9.81. The zero-order chi connectivity index (χ0) is 16.9. The summed E-state index contributed by atoms with van der Waals surface area (Å²) in [5.74, 6) is -0.973. The molecular weight excluding hydrogens is 280 g/mol. The van der Waals surface area contributed by atoms with Gasteiger partial charge in [0, 0.05) is 0 Å². The number of carbonyl (C=O) groups is 2. The molecule has 0 radical (unpaired) electrons. The van der Waals surface area contributed by atoms with Crippen molar-refractivity contribution in [3.05, 3.63) is 34.4 Å². The molecule has 0 unspecified atom stereocenters. The summed E-state index contributed by atoms with van der Waals surface area (Å²) >= 11 is 0. The van der Waals surface area contributed by atoms with E-state index in [0.717, 1.165) is 17.5 Å². The van der Waals surface area contributed by atoms with Crippen LogP contribution in [0.1, 0.15) is 73.4 Å². The Kier molecular flexibility index (Phi) is 6.15. The lowest BCUT2D eigenvalue weighted by Gasteiger charge is -2.24. The predicted molar refractivity (Wildman–Crippen MR) is 86.4 cm³/mol. The van der Waals surface area contributed by atoms with Crippen molar-refractivity contribution in [1.82, 2.24) is 0 Å². The number of hydrogen-bond donors (Lipinski definition) is 0. The molecule has 0 atom stereocenters. The smallest absolute Gasteiger partial charge is 0.339 e. The van der Waals surface area contributed by atoms with E-state index in [-0.39, 0.29) is 29.8 Å². The van der Waals surface area contributed by atoms with Crippen molar-refractivity contribution in [2.75, 3.05) is 13.2 Å². The Morgan fingerprint density at radius 2 is 1.36 bits per heavy atom. The number of benzene rings is 1. The molecule has 0 fully saturated rings. The molecule has 0 aromatic heterocycles. The lowest BCUT2D eigenvalue weighted by molar-refractivity contribution is 0.0478. The molecule has 4 nitrogen and oxygen atoms in total. The van der Waals surface area contributed by atoms with Gasteiger partial charge in [0.05, 0.1) is 24.3 Å². The average Bonchev–Trinajstić information content (AvgIpc) is 2.45. The minimum atomic E-state index is -0.487. The van der Waals surface area contributed by atoms with Gasteiger partial charge in [0.1, 0.15) is 0 Å². The van der Waals surface area contributed by atoms with Gasteiger partial charge in [-0.3, -0.25) is 0 Å². The first-order valence-electron chi connectivity index (χ1n) is 7.77. The zero-order valence-electron chi connectivity index (χ0n) is 14.4. The molecule has 0 N–H and O–H groups in total. The van der Waals surface area contributed by atoms with E-state index in [9.17, 15) is 9.59 Å². The molecule has 0 bridgehead atoms. The van der Waals surface area contributed by atoms with E-state index >= 15 is 0 Å². The van der Waals surface area contributed by atoms with Crippen molar-refractivity contribution in [2.45, 2.75) is 53.4 Å². The lowest BCUT2D eigenvalue weighted by Crippen LogP contribution is -2.20. The molecule has 0 spiro atoms. The third-order valence-electron chi connectivity index (χ3n) is 3.42. The molecule has 0 aliphatic rings. The van der Waals surface area contributed by atoms with Crippen molar-refractivity contribution in [2.24, 2.45) is 0 Å². The first-order valence-corrected chi connectivity index (χ1v) is 7.77. The summed E-state index contributed by atoms with van der Waals surface area (Å²) in [6.45, 7) is 12.3. The summed E-state index contributed by atoms with van der Waals surface area (Å²) in [7, 11) is 0. The monoisotopic (exact) mass is 306 g/mol. The summed E-state index contributed by atoms with van der Waals surface area (Å²) in [6.07, 6.45) is 0.780. The Bertz CT molecular complexity index is 553. The van der Waals surface area contributed by atoms with Crippen LogP contribution in [0.25, 0.3) is 0 Å². The molecule has 0 saturated heterocycles. The molecule has 0 saturated carbocycles. The van der Waals surface area contributed by atoms with Gasteiger partial charge in [0.15, 0.2) is 0 Å². The third kappa shape index (κ3) is 4.09. The maximum Gasteiger partial charge on any atom is 0.339 e. The Balaban J connectivity index is 3.53. The standard InChI is InChI=1S/C18H26O4/c1-7-12-10-13(16(19)21-8-2)14(17(20)22-9-3)11-15(12)18(4,5)6/h10-11H,7-9H2,1-6H3. The number of carbonyl (C=O) groups excluding carboxylic acids is 2. The average molecular weight is 306 g/mol. The maximum absolute atomic E-state index is 12.2. The molecule has 0 amide bonds. The van der Waals surface area contributed by atoms with Crippen molar-refractivity contribution in [1.29, 1.82) is 0 Å². The SMILES string of the molecule is CCOC(=O)c1cc(CC)c(C(C)(C)C)cc1C(=O)OCC. The summed E-state index contributed by atoms with van der Waals surface area (Å²) in [5.41, 5.74) is 2.53. The van der Waals surface area contributed by atoms with Gasteiger partial charge >= 0.3 is 11.9 Å². The van der Waals surface area contributed by atoms with Crippen LogP contribution in [0.4, 0.5) is 0 Å². The quantitative estimate of drug-likeness (QED) is 0.774. The number of rotatable bonds is 5. The fraction of sp³-hybridized carbons (Fsp3) is 0.556. The van der Waals surface area contributed by atoms with E-state index in [0.29, 0.717) is 0 Å². The molecular formula is C18H26O4. The van der Waals surface area contributed by atoms with Crippen LogP contribution < -0.4 is 0 Å². The highest BCUT2D eigenvalue weighted by Crippen LogP contribution is 2.30. The number of esters is 2. The second kappa shape index (κ2) is 7.43.